The zero-order valence-electron chi connectivity index (χ0n) is 16.6. The third kappa shape index (κ3) is 4.35. The summed E-state index contributed by atoms with van der Waals surface area (Å²) in [5, 5.41) is 13.7. The first-order chi connectivity index (χ1) is 14.5. The van der Waals surface area contributed by atoms with Gasteiger partial charge in [-0.3, -0.25) is 14.8 Å². The number of aromatic nitrogens is 5. The normalized spacial score (nSPS) is 12.7. The van der Waals surface area contributed by atoms with Crippen molar-refractivity contribution in [2.45, 2.75) is 32.9 Å². The summed E-state index contributed by atoms with van der Waals surface area (Å²) in [6, 6.07) is 5.79. The van der Waals surface area contributed by atoms with Gasteiger partial charge in [0, 0.05) is 41.6 Å². The minimum atomic E-state index is -0.333. The number of ether oxygens (including phenoxy) is 1. The van der Waals surface area contributed by atoms with Crippen molar-refractivity contribution >= 4 is 46.3 Å². The van der Waals surface area contributed by atoms with Crippen molar-refractivity contribution in [3.05, 3.63) is 69.9 Å². The van der Waals surface area contributed by atoms with Crippen LogP contribution in [-0.2, 0) is 6.54 Å². The van der Waals surface area contributed by atoms with Crippen LogP contribution in [0.15, 0.2) is 43.0 Å². The molecule has 0 aliphatic rings. The van der Waals surface area contributed by atoms with Crippen molar-refractivity contribution in [3.63, 3.8) is 0 Å². The Morgan fingerprint density at radius 3 is 2.73 bits per heavy atom. The predicted molar refractivity (Wildman–Crippen MR) is 121 cm³/mol. The summed E-state index contributed by atoms with van der Waals surface area (Å²) in [7, 11) is 0. The largest absolute Gasteiger partial charge is 0.486 e. The van der Waals surface area contributed by atoms with Gasteiger partial charge in [0.2, 0.25) is 0 Å². The van der Waals surface area contributed by atoms with E-state index in [4.69, 9.17) is 27.9 Å². The number of aromatic amines is 1. The summed E-state index contributed by atoms with van der Waals surface area (Å²) in [5.74, 6) is 0.700. The third-order valence-corrected chi connectivity index (χ3v) is 5.32. The van der Waals surface area contributed by atoms with E-state index in [0.29, 0.717) is 21.4 Å². The second-order valence-corrected chi connectivity index (χ2v) is 7.78. The van der Waals surface area contributed by atoms with Crippen molar-refractivity contribution in [3.8, 4) is 5.75 Å². The van der Waals surface area contributed by atoms with Gasteiger partial charge in [-0.25, -0.2) is 0 Å². The maximum Gasteiger partial charge on any atom is 0.124 e. The average molecular weight is 442 g/mol. The average Bonchev–Trinajstić information content (AvgIpc) is 3.33. The maximum atomic E-state index is 6.26. The Morgan fingerprint density at radius 1 is 1.17 bits per heavy atom. The highest BCUT2D eigenvalue weighted by molar-refractivity contribution is 6.35. The molecule has 1 N–H and O–H groups in total. The van der Waals surface area contributed by atoms with Gasteiger partial charge >= 0.3 is 0 Å². The van der Waals surface area contributed by atoms with Gasteiger partial charge in [-0.2, -0.15) is 10.2 Å². The molecule has 3 aromatic heterocycles. The lowest BCUT2D eigenvalue weighted by Crippen LogP contribution is -2.05. The Kier molecular flexibility index (Phi) is 6.06. The lowest BCUT2D eigenvalue weighted by atomic mass is 10.1. The molecule has 4 aromatic rings. The molecular weight excluding hydrogens is 421 g/mol. The number of halogens is 2. The second kappa shape index (κ2) is 8.90. The van der Waals surface area contributed by atoms with E-state index in [9.17, 15) is 0 Å². The van der Waals surface area contributed by atoms with E-state index in [0.717, 1.165) is 35.1 Å². The van der Waals surface area contributed by atoms with Crippen LogP contribution in [0.1, 0.15) is 43.2 Å². The molecule has 4 rings (SSSR count). The first-order valence-electron chi connectivity index (χ1n) is 9.69. The molecular formula is C22H21Cl2N5O. The van der Waals surface area contributed by atoms with E-state index >= 15 is 0 Å². The Bertz CT molecular complexity index is 1180. The molecule has 0 aliphatic carbocycles. The van der Waals surface area contributed by atoms with E-state index < -0.39 is 0 Å². The summed E-state index contributed by atoms with van der Waals surface area (Å²) >= 11 is 12.5. The van der Waals surface area contributed by atoms with Gasteiger partial charge in [0.1, 0.15) is 11.9 Å². The van der Waals surface area contributed by atoms with Crippen LogP contribution in [0.25, 0.3) is 23.1 Å². The van der Waals surface area contributed by atoms with Crippen LogP contribution in [0.3, 0.4) is 0 Å². The van der Waals surface area contributed by atoms with Gasteiger partial charge < -0.3 is 4.74 Å². The first kappa shape index (κ1) is 20.4. The number of nitrogens with one attached hydrogen (secondary N) is 1. The van der Waals surface area contributed by atoms with E-state index in [1.807, 2.05) is 54.4 Å². The van der Waals surface area contributed by atoms with Gasteiger partial charge in [-0.15, -0.1) is 0 Å². The summed E-state index contributed by atoms with van der Waals surface area (Å²) in [6.07, 6.45) is 11.7. The smallest absolute Gasteiger partial charge is 0.124 e. The zero-order valence-corrected chi connectivity index (χ0v) is 18.2. The van der Waals surface area contributed by atoms with Crippen LogP contribution < -0.4 is 4.74 Å². The molecule has 1 aromatic carbocycles. The molecule has 0 saturated carbocycles. The van der Waals surface area contributed by atoms with Crippen molar-refractivity contribution in [1.82, 2.24) is 25.0 Å². The summed E-state index contributed by atoms with van der Waals surface area (Å²) in [6.45, 7) is 4.94. The molecule has 1 unspecified atom stereocenters. The van der Waals surface area contributed by atoms with Crippen LogP contribution >= 0.6 is 23.2 Å². The standard InChI is InChI=1S/C22H21Cl2N5O/c1-3-8-29-13-15(10-26-29)4-6-20-17-9-16(5-7-21(17)28-27-20)30-14(2)22-18(23)11-25-12-19(22)24/h4-7,9-14H,3,8H2,1-2H3,(H,27,28)/b6-4+. The number of nitrogens with zero attached hydrogens (tertiary/aromatic N) is 4. The fourth-order valence-corrected chi connectivity index (χ4v) is 3.95. The first-order valence-corrected chi connectivity index (χ1v) is 10.4. The minimum absolute atomic E-state index is 0.333. The van der Waals surface area contributed by atoms with Crippen molar-refractivity contribution in [2.24, 2.45) is 0 Å². The van der Waals surface area contributed by atoms with Gasteiger partial charge in [-0.1, -0.05) is 30.1 Å². The number of benzene rings is 1. The molecule has 6 nitrogen and oxygen atoms in total. The predicted octanol–water partition coefficient (Wildman–Crippen LogP) is 6.18. The zero-order chi connectivity index (χ0) is 21.1. The van der Waals surface area contributed by atoms with Crippen LogP contribution in [0.4, 0.5) is 0 Å². The number of pyridine rings is 1. The summed E-state index contributed by atoms with van der Waals surface area (Å²) < 4.78 is 8.05. The molecule has 0 spiro atoms. The molecule has 154 valence electrons. The second-order valence-electron chi connectivity index (χ2n) is 6.96. The summed E-state index contributed by atoms with van der Waals surface area (Å²) in [5.41, 5.74) is 3.50. The molecule has 1 atom stereocenters. The molecule has 0 radical (unpaired) electrons. The highest BCUT2D eigenvalue weighted by Crippen LogP contribution is 2.33. The van der Waals surface area contributed by atoms with Crippen molar-refractivity contribution < 1.29 is 4.74 Å². The van der Waals surface area contributed by atoms with Crippen LogP contribution in [0, 0.1) is 0 Å². The van der Waals surface area contributed by atoms with E-state index in [1.54, 1.807) is 12.4 Å². The summed E-state index contributed by atoms with van der Waals surface area (Å²) in [4.78, 5) is 3.99. The van der Waals surface area contributed by atoms with E-state index in [-0.39, 0.29) is 6.10 Å². The SMILES string of the molecule is CCCn1cc(/C=C/c2n[nH]c3ccc(OC(C)c4c(Cl)cncc4Cl)cc23)cn1. The molecule has 30 heavy (non-hydrogen) atoms. The van der Waals surface area contributed by atoms with Gasteiger partial charge in [0.15, 0.2) is 0 Å². The topological polar surface area (TPSA) is 68.6 Å². The number of rotatable bonds is 7. The Labute approximate surface area is 184 Å². The highest BCUT2D eigenvalue weighted by atomic mass is 35.5. The van der Waals surface area contributed by atoms with Crippen LogP contribution in [-0.4, -0.2) is 25.0 Å². The van der Waals surface area contributed by atoms with Gasteiger partial charge in [0.25, 0.3) is 0 Å². The number of hydrogen-bond acceptors (Lipinski definition) is 4. The Morgan fingerprint density at radius 2 is 1.97 bits per heavy atom. The fourth-order valence-electron chi connectivity index (χ4n) is 3.28. The van der Waals surface area contributed by atoms with Crippen molar-refractivity contribution in [2.75, 3.05) is 0 Å². The molecule has 8 heteroatoms. The van der Waals surface area contributed by atoms with Crippen LogP contribution in [0.2, 0.25) is 10.0 Å². The Balaban J connectivity index is 1.57. The Hall–Kier alpha value is -2.83. The highest BCUT2D eigenvalue weighted by Gasteiger charge is 2.16. The minimum Gasteiger partial charge on any atom is -0.486 e. The molecule has 0 fully saturated rings. The van der Waals surface area contributed by atoms with E-state index in [1.165, 1.54) is 0 Å². The molecule has 0 amide bonds. The molecule has 0 aliphatic heterocycles. The number of hydrogen-bond donors (Lipinski definition) is 1. The number of fused-ring (bicyclic) bond motifs is 1. The van der Waals surface area contributed by atoms with Gasteiger partial charge in [0.05, 0.1) is 27.5 Å². The van der Waals surface area contributed by atoms with E-state index in [2.05, 4.69) is 27.2 Å². The quantitative estimate of drug-likeness (QED) is 0.371. The lowest BCUT2D eigenvalue weighted by molar-refractivity contribution is 0.227. The lowest BCUT2D eigenvalue weighted by Gasteiger charge is -2.17. The van der Waals surface area contributed by atoms with Crippen molar-refractivity contribution in [1.29, 1.82) is 0 Å². The van der Waals surface area contributed by atoms with Gasteiger partial charge in [-0.05, 0) is 43.7 Å². The molecule has 0 bridgehead atoms. The fraction of sp³-hybridized carbons (Fsp3) is 0.227. The van der Waals surface area contributed by atoms with Crippen LogP contribution in [0.5, 0.6) is 5.75 Å². The number of H-pyrrole nitrogens is 1. The maximum absolute atomic E-state index is 6.26. The third-order valence-electron chi connectivity index (χ3n) is 4.71. The monoisotopic (exact) mass is 441 g/mol. The molecule has 0 saturated heterocycles. The molecule has 3 heterocycles. The number of aryl methyl sites for hydroxylation is 1.